The Labute approximate surface area is 114 Å². The zero-order chi connectivity index (χ0) is 14.0. The van der Waals surface area contributed by atoms with Gasteiger partial charge in [0.25, 0.3) is 5.91 Å². The number of phenolic OH excluding ortho intramolecular Hbond substituents is 1. The first kappa shape index (κ1) is 13.5. The third-order valence-electron chi connectivity index (χ3n) is 2.60. The Kier molecular flexibility index (Phi) is 3.80. The Morgan fingerprint density at radius 1 is 1.53 bits per heavy atom. The van der Waals surface area contributed by atoms with E-state index >= 15 is 0 Å². The van der Waals surface area contributed by atoms with Gasteiger partial charge in [-0.25, -0.2) is 9.37 Å². The van der Waals surface area contributed by atoms with Crippen LogP contribution in [0.25, 0.3) is 0 Å². The van der Waals surface area contributed by atoms with Crippen LogP contribution in [0.2, 0.25) is 0 Å². The second-order valence-corrected chi connectivity index (χ2v) is 5.25. The molecule has 4 nitrogen and oxygen atoms in total. The van der Waals surface area contributed by atoms with E-state index in [0.717, 1.165) is 16.8 Å². The molecular weight excluding hydrogens is 267 g/mol. The molecule has 0 spiro atoms. The predicted octanol–water partition coefficient (Wildman–Crippen LogP) is 2.57. The summed E-state index contributed by atoms with van der Waals surface area (Å²) in [4.78, 5) is 17.7. The molecule has 2 aromatic rings. The van der Waals surface area contributed by atoms with E-state index < -0.39 is 11.7 Å². The monoisotopic (exact) mass is 280 g/mol. The number of nitrogens with zero attached hydrogens (tertiary/aromatic N) is 2. The van der Waals surface area contributed by atoms with Crippen LogP contribution in [0.1, 0.15) is 21.1 Å². The van der Waals surface area contributed by atoms with Crippen LogP contribution in [-0.4, -0.2) is 27.9 Å². The minimum absolute atomic E-state index is 0.0627. The molecule has 0 unspecified atom stereocenters. The standard InChI is InChI=1S/C13H13FN2O2S/c1-8-15-9(7-19-8)6-16(2)13(18)11-4-3-10(17)5-12(11)14/h3-5,7,17H,6H2,1-2H3. The number of thiazole rings is 1. The highest BCUT2D eigenvalue weighted by atomic mass is 32.1. The summed E-state index contributed by atoms with van der Waals surface area (Å²) >= 11 is 1.50. The van der Waals surface area contributed by atoms with Gasteiger partial charge in [0.15, 0.2) is 0 Å². The molecular formula is C13H13FN2O2S. The second-order valence-electron chi connectivity index (χ2n) is 4.18. The van der Waals surface area contributed by atoms with E-state index in [1.807, 2.05) is 12.3 Å². The number of amides is 1. The van der Waals surface area contributed by atoms with Gasteiger partial charge in [-0.1, -0.05) is 0 Å². The van der Waals surface area contributed by atoms with Crippen LogP contribution >= 0.6 is 11.3 Å². The summed E-state index contributed by atoms with van der Waals surface area (Å²) in [7, 11) is 1.59. The van der Waals surface area contributed by atoms with Crippen molar-refractivity contribution in [3.05, 3.63) is 45.7 Å². The third kappa shape index (κ3) is 3.08. The quantitative estimate of drug-likeness (QED) is 0.940. The fraction of sp³-hybridized carbons (Fsp3) is 0.231. The van der Waals surface area contributed by atoms with Crippen LogP contribution in [0.5, 0.6) is 5.75 Å². The molecule has 0 aliphatic rings. The molecule has 100 valence electrons. The molecule has 1 N–H and O–H groups in total. The number of hydrogen-bond acceptors (Lipinski definition) is 4. The molecule has 2 rings (SSSR count). The lowest BCUT2D eigenvalue weighted by Crippen LogP contribution is -2.27. The Hall–Kier alpha value is -1.95. The molecule has 0 bridgehead atoms. The Morgan fingerprint density at radius 2 is 2.26 bits per heavy atom. The summed E-state index contributed by atoms with van der Waals surface area (Å²) in [5, 5.41) is 11.9. The molecule has 1 aromatic heterocycles. The molecule has 0 fully saturated rings. The predicted molar refractivity (Wildman–Crippen MR) is 70.7 cm³/mol. The number of rotatable bonds is 3. The highest BCUT2D eigenvalue weighted by Gasteiger charge is 2.17. The molecule has 0 saturated carbocycles. The number of aromatic hydroxyl groups is 1. The van der Waals surface area contributed by atoms with Gasteiger partial charge in [-0.05, 0) is 19.1 Å². The number of carbonyl (C=O) groups is 1. The van der Waals surface area contributed by atoms with Crippen LogP contribution in [0.4, 0.5) is 4.39 Å². The Balaban J connectivity index is 2.14. The Bertz CT molecular complexity index is 612. The van der Waals surface area contributed by atoms with Crippen molar-refractivity contribution in [2.45, 2.75) is 13.5 Å². The van der Waals surface area contributed by atoms with Crippen molar-refractivity contribution in [1.29, 1.82) is 0 Å². The van der Waals surface area contributed by atoms with E-state index in [4.69, 9.17) is 5.11 Å². The van der Waals surface area contributed by atoms with Crippen molar-refractivity contribution >= 4 is 17.2 Å². The zero-order valence-corrected chi connectivity index (χ0v) is 11.4. The molecule has 1 aromatic carbocycles. The normalized spacial score (nSPS) is 10.5. The highest BCUT2D eigenvalue weighted by Crippen LogP contribution is 2.17. The fourth-order valence-corrected chi connectivity index (χ4v) is 2.28. The first-order chi connectivity index (χ1) is 8.97. The average Bonchev–Trinajstić information content (AvgIpc) is 2.74. The molecule has 0 aliphatic heterocycles. The van der Waals surface area contributed by atoms with E-state index in [-0.39, 0.29) is 11.3 Å². The first-order valence-corrected chi connectivity index (χ1v) is 6.50. The van der Waals surface area contributed by atoms with Crippen LogP contribution in [0, 0.1) is 12.7 Å². The van der Waals surface area contributed by atoms with Crippen molar-refractivity contribution < 1.29 is 14.3 Å². The number of hydrogen-bond donors (Lipinski definition) is 1. The summed E-state index contributed by atoms with van der Waals surface area (Å²) in [5.74, 6) is -1.37. The van der Waals surface area contributed by atoms with Gasteiger partial charge in [-0.3, -0.25) is 4.79 Å². The van der Waals surface area contributed by atoms with Gasteiger partial charge >= 0.3 is 0 Å². The minimum atomic E-state index is -0.730. The first-order valence-electron chi connectivity index (χ1n) is 5.62. The number of carbonyl (C=O) groups excluding carboxylic acids is 1. The van der Waals surface area contributed by atoms with E-state index in [1.54, 1.807) is 7.05 Å². The molecule has 6 heteroatoms. The molecule has 1 heterocycles. The van der Waals surface area contributed by atoms with Gasteiger partial charge in [0.2, 0.25) is 0 Å². The number of benzene rings is 1. The van der Waals surface area contributed by atoms with Crippen molar-refractivity contribution in [3.63, 3.8) is 0 Å². The van der Waals surface area contributed by atoms with Crippen LogP contribution in [-0.2, 0) is 6.54 Å². The van der Waals surface area contributed by atoms with E-state index in [0.29, 0.717) is 6.54 Å². The van der Waals surface area contributed by atoms with E-state index in [2.05, 4.69) is 4.98 Å². The zero-order valence-electron chi connectivity index (χ0n) is 10.6. The van der Waals surface area contributed by atoms with E-state index in [1.165, 1.54) is 28.4 Å². The molecule has 19 heavy (non-hydrogen) atoms. The molecule has 1 amide bonds. The van der Waals surface area contributed by atoms with Gasteiger partial charge in [0.05, 0.1) is 22.8 Å². The minimum Gasteiger partial charge on any atom is -0.508 e. The lowest BCUT2D eigenvalue weighted by atomic mass is 10.2. The maximum Gasteiger partial charge on any atom is 0.256 e. The van der Waals surface area contributed by atoms with Gasteiger partial charge in [-0.2, -0.15) is 0 Å². The summed E-state index contributed by atoms with van der Waals surface area (Å²) < 4.78 is 13.6. The highest BCUT2D eigenvalue weighted by molar-refractivity contribution is 7.09. The number of halogens is 1. The molecule has 0 aliphatic carbocycles. The number of phenols is 1. The fourth-order valence-electron chi connectivity index (χ4n) is 1.68. The van der Waals surface area contributed by atoms with Crippen molar-refractivity contribution in [2.24, 2.45) is 0 Å². The topological polar surface area (TPSA) is 53.4 Å². The van der Waals surface area contributed by atoms with Crippen LogP contribution in [0.3, 0.4) is 0 Å². The largest absolute Gasteiger partial charge is 0.508 e. The summed E-state index contributed by atoms with van der Waals surface area (Å²) in [6, 6.07) is 3.49. The molecule has 0 saturated heterocycles. The van der Waals surface area contributed by atoms with Crippen molar-refractivity contribution in [3.8, 4) is 5.75 Å². The summed E-state index contributed by atoms with van der Waals surface area (Å²) in [6.07, 6.45) is 0. The SMILES string of the molecule is Cc1nc(CN(C)C(=O)c2ccc(O)cc2F)cs1. The average molecular weight is 280 g/mol. The third-order valence-corrected chi connectivity index (χ3v) is 3.42. The summed E-state index contributed by atoms with van der Waals surface area (Å²) in [6.45, 7) is 2.21. The van der Waals surface area contributed by atoms with Gasteiger partial charge < -0.3 is 10.0 Å². The van der Waals surface area contributed by atoms with Crippen LogP contribution in [0.15, 0.2) is 23.6 Å². The number of aryl methyl sites for hydroxylation is 1. The van der Waals surface area contributed by atoms with Gasteiger partial charge in [0.1, 0.15) is 11.6 Å². The lowest BCUT2D eigenvalue weighted by molar-refractivity contribution is 0.0779. The van der Waals surface area contributed by atoms with E-state index in [9.17, 15) is 9.18 Å². The molecule has 0 atom stereocenters. The maximum atomic E-state index is 13.6. The molecule has 0 radical (unpaired) electrons. The summed E-state index contributed by atoms with van der Waals surface area (Å²) in [5.41, 5.74) is 0.713. The van der Waals surface area contributed by atoms with Gasteiger partial charge in [-0.15, -0.1) is 11.3 Å². The van der Waals surface area contributed by atoms with Crippen LogP contribution < -0.4 is 0 Å². The van der Waals surface area contributed by atoms with Gasteiger partial charge in [0, 0.05) is 18.5 Å². The number of aromatic nitrogens is 1. The maximum absolute atomic E-state index is 13.6. The van der Waals surface area contributed by atoms with Crippen molar-refractivity contribution in [2.75, 3.05) is 7.05 Å². The lowest BCUT2D eigenvalue weighted by Gasteiger charge is -2.16. The van der Waals surface area contributed by atoms with Crippen molar-refractivity contribution in [1.82, 2.24) is 9.88 Å². The Morgan fingerprint density at radius 3 is 2.84 bits per heavy atom. The second kappa shape index (κ2) is 5.36. The smallest absolute Gasteiger partial charge is 0.256 e.